The smallest absolute Gasteiger partial charge is 0.140 e. The molecule has 0 saturated heterocycles. The highest BCUT2D eigenvalue weighted by molar-refractivity contribution is 9.10. The van der Waals surface area contributed by atoms with E-state index in [1.54, 1.807) is 6.07 Å². The first-order chi connectivity index (χ1) is 6.20. The van der Waals surface area contributed by atoms with Gasteiger partial charge in [-0.1, -0.05) is 11.6 Å². The van der Waals surface area contributed by atoms with Crippen molar-refractivity contribution in [3.05, 3.63) is 27.2 Å². The third kappa shape index (κ3) is 1.56. The van der Waals surface area contributed by atoms with E-state index in [0.717, 1.165) is 4.47 Å². The Morgan fingerprint density at radius 3 is 3.00 bits per heavy atom. The Hall–Kier alpha value is -0.250. The summed E-state index contributed by atoms with van der Waals surface area (Å²) in [5.74, 6) is 0.672. The van der Waals surface area contributed by atoms with Gasteiger partial charge in [0.15, 0.2) is 0 Å². The van der Waals surface area contributed by atoms with Crippen molar-refractivity contribution in [2.75, 3.05) is 6.61 Å². The minimum Gasteiger partial charge on any atom is -0.492 e. The minimum atomic E-state index is -0.506. The van der Waals surface area contributed by atoms with Crippen molar-refractivity contribution in [3.8, 4) is 5.75 Å². The number of fused-ring (bicyclic) bond motifs is 1. The van der Waals surface area contributed by atoms with Crippen molar-refractivity contribution in [2.45, 2.75) is 12.5 Å². The fourth-order valence-electron chi connectivity index (χ4n) is 1.42. The highest BCUT2D eigenvalue weighted by atomic mass is 79.9. The number of hydrogen-bond donors (Lipinski definition) is 1. The molecule has 0 fully saturated rings. The lowest BCUT2D eigenvalue weighted by Crippen LogP contribution is -2.14. The second kappa shape index (κ2) is 3.48. The van der Waals surface area contributed by atoms with Crippen molar-refractivity contribution in [1.82, 2.24) is 0 Å². The number of aliphatic hydroxyl groups excluding tert-OH is 1. The molecule has 0 saturated carbocycles. The SMILES string of the molecule is OC1CCOc2c(Br)ccc(Cl)c21. The molecule has 1 unspecified atom stereocenters. The van der Waals surface area contributed by atoms with E-state index < -0.39 is 6.10 Å². The van der Waals surface area contributed by atoms with Gasteiger partial charge >= 0.3 is 0 Å². The zero-order chi connectivity index (χ0) is 9.42. The number of hydrogen-bond acceptors (Lipinski definition) is 2. The summed E-state index contributed by atoms with van der Waals surface area (Å²) < 4.78 is 6.25. The molecular weight excluding hydrogens is 255 g/mol. The van der Waals surface area contributed by atoms with E-state index in [1.165, 1.54) is 0 Å². The van der Waals surface area contributed by atoms with Gasteiger partial charge in [-0.05, 0) is 28.1 Å². The summed E-state index contributed by atoms with van der Waals surface area (Å²) in [7, 11) is 0. The number of rotatable bonds is 0. The van der Waals surface area contributed by atoms with Crippen molar-refractivity contribution >= 4 is 27.5 Å². The standard InChI is InChI=1S/C9H8BrClO2/c10-5-1-2-6(11)8-7(12)3-4-13-9(5)8/h1-2,7,12H,3-4H2. The van der Waals surface area contributed by atoms with Crippen molar-refractivity contribution in [3.63, 3.8) is 0 Å². The molecule has 0 aliphatic carbocycles. The van der Waals surface area contributed by atoms with Crippen LogP contribution in [0.4, 0.5) is 0 Å². The van der Waals surface area contributed by atoms with Gasteiger partial charge in [0, 0.05) is 12.0 Å². The van der Waals surface area contributed by atoms with Crippen LogP contribution in [0.2, 0.25) is 5.02 Å². The number of halogens is 2. The van der Waals surface area contributed by atoms with Gasteiger partial charge in [0.25, 0.3) is 0 Å². The third-order valence-electron chi connectivity index (χ3n) is 2.07. The van der Waals surface area contributed by atoms with E-state index in [-0.39, 0.29) is 0 Å². The van der Waals surface area contributed by atoms with E-state index in [9.17, 15) is 5.11 Å². The highest BCUT2D eigenvalue weighted by Gasteiger charge is 2.23. The van der Waals surface area contributed by atoms with Crippen LogP contribution >= 0.6 is 27.5 Å². The lowest BCUT2D eigenvalue weighted by atomic mass is 10.0. The third-order valence-corrected chi connectivity index (χ3v) is 3.02. The van der Waals surface area contributed by atoms with Crippen LogP contribution < -0.4 is 4.74 Å². The molecule has 1 heterocycles. The Bertz CT molecular complexity index is 341. The minimum absolute atomic E-state index is 0.506. The molecule has 0 spiro atoms. The molecule has 13 heavy (non-hydrogen) atoms. The maximum Gasteiger partial charge on any atom is 0.140 e. The fraction of sp³-hybridized carbons (Fsp3) is 0.333. The van der Waals surface area contributed by atoms with Crippen molar-refractivity contribution in [1.29, 1.82) is 0 Å². The molecule has 1 atom stereocenters. The summed E-state index contributed by atoms with van der Waals surface area (Å²) >= 11 is 9.30. The van der Waals surface area contributed by atoms with E-state index >= 15 is 0 Å². The van der Waals surface area contributed by atoms with Gasteiger partial charge in [-0.15, -0.1) is 0 Å². The van der Waals surface area contributed by atoms with Gasteiger partial charge in [-0.25, -0.2) is 0 Å². The highest BCUT2D eigenvalue weighted by Crippen LogP contribution is 2.41. The van der Waals surface area contributed by atoms with E-state index in [4.69, 9.17) is 16.3 Å². The molecule has 1 aliphatic rings. The number of aliphatic hydroxyl groups is 1. The summed E-state index contributed by atoms with van der Waals surface area (Å²) in [5, 5.41) is 10.2. The Balaban J connectivity index is 2.60. The first-order valence-electron chi connectivity index (χ1n) is 3.99. The molecule has 0 aromatic heterocycles. The zero-order valence-corrected chi connectivity index (χ0v) is 9.10. The fourth-order valence-corrected chi connectivity index (χ4v) is 2.16. The van der Waals surface area contributed by atoms with Crippen LogP contribution in [0.5, 0.6) is 5.75 Å². The monoisotopic (exact) mass is 262 g/mol. The average molecular weight is 264 g/mol. The predicted molar refractivity (Wildman–Crippen MR) is 54.2 cm³/mol. The lowest BCUT2D eigenvalue weighted by Gasteiger charge is -2.23. The van der Waals surface area contributed by atoms with Crippen LogP contribution in [0.3, 0.4) is 0 Å². The quantitative estimate of drug-likeness (QED) is 0.780. The molecule has 1 aromatic rings. The van der Waals surface area contributed by atoms with Gasteiger partial charge in [0.05, 0.1) is 22.2 Å². The Morgan fingerprint density at radius 2 is 2.31 bits per heavy atom. The normalized spacial score (nSPS) is 20.7. The largest absolute Gasteiger partial charge is 0.492 e. The Labute approximate surface area is 89.6 Å². The van der Waals surface area contributed by atoms with Gasteiger partial charge in [-0.2, -0.15) is 0 Å². The van der Waals surface area contributed by atoms with E-state index in [2.05, 4.69) is 15.9 Å². The van der Waals surface area contributed by atoms with Gasteiger partial charge in [-0.3, -0.25) is 0 Å². The maximum atomic E-state index is 9.68. The Morgan fingerprint density at radius 1 is 1.54 bits per heavy atom. The molecule has 2 nitrogen and oxygen atoms in total. The molecule has 1 N–H and O–H groups in total. The molecule has 0 amide bonds. The van der Waals surface area contributed by atoms with Crippen molar-refractivity contribution in [2.24, 2.45) is 0 Å². The topological polar surface area (TPSA) is 29.5 Å². The summed E-state index contributed by atoms with van der Waals surface area (Å²) in [6.07, 6.45) is 0.0946. The van der Waals surface area contributed by atoms with Gasteiger partial charge in [0.2, 0.25) is 0 Å². The van der Waals surface area contributed by atoms with Crippen LogP contribution in [0.15, 0.2) is 16.6 Å². The molecular formula is C9H8BrClO2. The molecule has 2 rings (SSSR count). The molecule has 0 bridgehead atoms. The number of benzene rings is 1. The van der Waals surface area contributed by atoms with E-state index in [1.807, 2.05) is 6.07 Å². The molecule has 1 aromatic carbocycles. The lowest BCUT2D eigenvalue weighted by molar-refractivity contribution is 0.115. The van der Waals surface area contributed by atoms with Crippen LogP contribution in [0.25, 0.3) is 0 Å². The first-order valence-corrected chi connectivity index (χ1v) is 5.16. The molecule has 1 aliphatic heterocycles. The first kappa shape index (κ1) is 9.31. The molecule has 4 heteroatoms. The number of ether oxygens (including phenoxy) is 1. The van der Waals surface area contributed by atoms with Crippen LogP contribution in [-0.4, -0.2) is 11.7 Å². The van der Waals surface area contributed by atoms with Crippen molar-refractivity contribution < 1.29 is 9.84 Å². The average Bonchev–Trinajstić information content (AvgIpc) is 2.12. The maximum absolute atomic E-state index is 9.68. The molecule has 0 radical (unpaired) electrons. The zero-order valence-electron chi connectivity index (χ0n) is 6.76. The second-order valence-electron chi connectivity index (χ2n) is 2.92. The van der Waals surface area contributed by atoms with Crippen LogP contribution in [0, 0.1) is 0 Å². The summed E-state index contributed by atoms with van der Waals surface area (Å²) in [4.78, 5) is 0. The van der Waals surface area contributed by atoms with Crippen LogP contribution in [0.1, 0.15) is 18.1 Å². The van der Waals surface area contributed by atoms with E-state index in [0.29, 0.717) is 29.4 Å². The Kier molecular flexibility index (Phi) is 2.49. The second-order valence-corrected chi connectivity index (χ2v) is 4.19. The van der Waals surface area contributed by atoms with Gasteiger partial charge < -0.3 is 9.84 Å². The van der Waals surface area contributed by atoms with Crippen LogP contribution in [-0.2, 0) is 0 Å². The summed E-state index contributed by atoms with van der Waals surface area (Å²) in [6, 6.07) is 3.57. The van der Waals surface area contributed by atoms with Gasteiger partial charge in [0.1, 0.15) is 5.75 Å². The molecule has 70 valence electrons. The summed E-state index contributed by atoms with van der Waals surface area (Å²) in [5.41, 5.74) is 0.697. The predicted octanol–water partition coefficient (Wildman–Crippen LogP) is 2.92. The summed E-state index contributed by atoms with van der Waals surface area (Å²) in [6.45, 7) is 0.535.